The molecule has 0 spiro atoms. The summed E-state index contributed by atoms with van der Waals surface area (Å²) in [4.78, 5) is 22.6. The van der Waals surface area contributed by atoms with E-state index in [0.29, 0.717) is 23.9 Å². The Hall–Kier alpha value is -3.99. The van der Waals surface area contributed by atoms with Crippen molar-refractivity contribution in [2.45, 2.75) is 44.8 Å². The zero-order chi connectivity index (χ0) is 24.8. The fourth-order valence-electron chi connectivity index (χ4n) is 4.34. The number of carbonyl (C=O) groups excluding carboxylic acids is 1. The first-order valence-electron chi connectivity index (χ1n) is 11.7. The maximum Gasteiger partial charge on any atom is 0.409 e. The summed E-state index contributed by atoms with van der Waals surface area (Å²) in [6.07, 6.45) is 10.1. The first-order chi connectivity index (χ1) is 17.0. The second-order valence-electron chi connectivity index (χ2n) is 8.45. The monoisotopic (exact) mass is 474 g/mol. The zero-order valence-electron chi connectivity index (χ0n) is 20.3. The van der Waals surface area contributed by atoms with Gasteiger partial charge in [0.25, 0.3) is 0 Å². The number of rotatable bonds is 7. The Balaban J connectivity index is 1.52. The number of methoxy groups -OCH3 is 1. The highest BCUT2D eigenvalue weighted by Crippen LogP contribution is 2.37. The Labute approximate surface area is 205 Å². The van der Waals surface area contributed by atoms with Crippen molar-refractivity contribution < 1.29 is 19.0 Å². The number of nitrogens with zero attached hydrogens (tertiary/aromatic N) is 3. The molecule has 0 aliphatic heterocycles. The standard InChI is InChI=1S/C27H30N4O4/c1-5-18-8-7-9-19(14-18)30-26-22-15-25(24(33-4)16-23(22)28-17-29-26)35-21-12-10-20(11-13-21)31(3)27(32)34-6-2/h1,7-9,14-17,20-21H,6,10-13H2,2-4H3,(H,28,29,30). The summed E-state index contributed by atoms with van der Waals surface area (Å²) in [5.74, 6) is 4.54. The Morgan fingerprint density at radius 2 is 1.97 bits per heavy atom. The highest BCUT2D eigenvalue weighted by Gasteiger charge is 2.28. The zero-order valence-corrected chi connectivity index (χ0v) is 20.3. The molecule has 0 saturated heterocycles. The van der Waals surface area contributed by atoms with Crippen molar-refractivity contribution >= 4 is 28.5 Å². The average Bonchev–Trinajstić information content (AvgIpc) is 2.89. The minimum atomic E-state index is -0.277. The number of aromatic nitrogens is 2. The van der Waals surface area contributed by atoms with Crippen LogP contribution in [0.25, 0.3) is 10.9 Å². The molecule has 1 amide bonds. The molecule has 35 heavy (non-hydrogen) atoms. The van der Waals surface area contributed by atoms with Gasteiger partial charge in [-0.3, -0.25) is 0 Å². The first kappa shape index (κ1) is 24.1. The molecule has 1 aromatic heterocycles. The Morgan fingerprint density at radius 1 is 1.17 bits per heavy atom. The second kappa shape index (κ2) is 11.0. The van der Waals surface area contributed by atoms with Crippen LogP contribution < -0.4 is 14.8 Å². The molecule has 0 radical (unpaired) electrons. The third-order valence-electron chi connectivity index (χ3n) is 6.25. The number of carbonyl (C=O) groups is 1. The Kier molecular flexibility index (Phi) is 7.56. The molecule has 2 aromatic carbocycles. The molecule has 0 bridgehead atoms. The van der Waals surface area contributed by atoms with Gasteiger partial charge in [0, 0.05) is 35.8 Å². The summed E-state index contributed by atoms with van der Waals surface area (Å²) in [6.45, 7) is 2.19. The minimum absolute atomic E-state index is 0.0153. The van der Waals surface area contributed by atoms with E-state index < -0.39 is 0 Å². The van der Waals surface area contributed by atoms with Crippen LogP contribution >= 0.6 is 0 Å². The van der Waals surface area contributed by atoms with Crippen LogP contribution in [0.4, 0.5) is 16.3 Å². The molecule has 1 aliphatic carbocycles. The number of nitrogens with one attached hydrogen (secondary N) is 1. The summed E-state index contributed by atoms with van der Waals surface area (Å²) in [5.41, 5.74) is 2.35. The summed E-state index contributed by atoms with van der Waals surface area (Å²) in [6, 6.07) is 11.5. The lowest BCUT2D eigenvalue weighted by molar-refractivity contribution is 0.0718. The smallest absolute Gasteiger partial charge is 0.409 e. The van der Waals surface area contributed by atoms with Crippen molar-refractivity contribution in [3.8, 4) is 23.8 Å². The van der Waals surface area contributed by atoms with Crippen molar-refractivity contribution in [1.82, 2.24) is 14.9 Å². The lowest BCUT2D eigenvalue weighted by Crippen LogP contribution is -2.41. The Morgan fingerprint density at radius 3 is 2.69 bits per heavy atom. The normalized spacial score (nSPS) is 17.3. The molecule has 1 fully saturated rings. The third kappa shape index (κ3) is 5.57. The molecule has 4 rings (SSSR count). The molecular formula is C27H30N4O4. The summed E-state index contributed by atoms with van der Waals surface area (Å²) in [5, 5.41) is 4.15. The van der Waals surface area contributed by atoms with E-state index in [9.17, 15) is 4.79 Å². The van der Waals surface area contributed by atoms with Crippen LogP contribution in [0, 0.1) is 12.3 Å². The Bertz CT molecular complexity index is 1230. The van der Waals surface area contributed by atoms with Crippen LogP contribution in [0.2, 0.25) is 0 Å². The van der Waals surface area contributed by atoms with Crippen LogP contribution in [0.1, 0.15) is 38.2 Å². The molecule has 0 atom stereocenters. The van der Waals surface area contributed by atoms with Gasteiger partial charge >= 0.3 is 6.09 Å². The molecule has 1 N–H and O–H groups in total. The van der Waals surface area contributed by atoms with Crippen LogP contribution in [0.3, 0.4) is 0 Å². The summed E-state index contributed by atoms with van der Waals surface area (Å²) >= 11 is 0. The SMILES string of the molecule is C#Cc1cccc(Nc2ncnc3cc(OC)c(OC4CCC(N(C)C(=O)OCC)CC4)cc23)c1. The fourth-order valence-corrected chi connectivity index (χ4v) is 4.34. The van der Waals surface area contributed by atoms with Gasteiger partial charge in [-0.25, -0.2) is 14.8 Å². The molecule has 1 heterocycles. The second-order valence-corrected chi connectivity index (χ2v) is 8.45. The van der Waals surface area contributed by atoms with Crippen LogP contribution in [-0.4, -0.2) is 53.9 Å². The molecule has 3 aromatic rings. The highest BCUT2D eigenvalue weighted by atomic mass is 16.6. The number of anilines is 2. The van der Waals surface area contributed by atoms with E-state index in [2.05, 4.69) is 21.2 Å². The largest absolute Gasteiger partial charge is 0.493 e. The quantitative estimate of drug-likeness (QED) is 0.475. The van der Waals surface area contributed by atoms with Crippen LogP contribution in [0.5, 0.6) is 11.5 Å². The van der Waals surface area contributed by atoms with E-state index >= 15 is 0 Å². The molecule has 1 saturated carbocycles. The number of ether oxygens (including phenoxy) is 3. The number of hydrogen-bond donors (Lipinski definition) is 1. The van der Waals surface area contributed by atoms with Gasteiger partial charge in [-0.1, -0.05) is 12.0 Å². The maximum atomic E-state index is 12.1. The van der Waals surface area contributed by atoms with Crippen molar-refractivity contribution in [3.05, 3.63) is 48.3 Å². The van der Waals surface area contributed by atoms with E-state index in [0.717, 1.165) is 47.8 Å². The third-order valence-corrected chi connectivity index (χ3v) is 6.25. The first-order valence-corrected chi connectivity index (χ1v) is 11.7. The van der Waals surface area contributed by atoms with Gasteiger partial charge in [0.15, 0.2) is 11.5 Å². The number of benzene rings is 2. The van der Waals surface area contributed by atoms with Gasteiger partial charge in [0.1, 0.15) is 12.1 Å². The molecule has 1 aliphatic rings. The summed E-state index contributed by atoms with van der Waals surface area (Å²) < 4.78 is 17.1. The maximum absolute atomic E-state index is 12.1. The average molecular weight is 475 g/mol. The summed E-state index contributed by atoms with van der Waals surface area (Å²) in [7, 11) is 3.41. The van der Waals surface area contributed by atoms with Crippen molar-refractivity contribution in [2.75, 3.05) is 26.1 Å². The molecule has 0 unspecified atom stereocenters. The van der Waals surface area contributed by atoms with E-state index in [1.54, 1.807) is 19.1 Å². The lowest BCUT2D eigenvalue weighted by atomic mass is 9.92. The minimum Gasteiger partial charge on any atom is -0.493 e. The van der Waals surface area contributed by atoms with Gasteiger partial charge in [0.2, 0.25) is 0 Å². The molecular weight excluding hydrogens is 444 g/mol. The number of hydrogen-bond acceptors (Lipinski definition) is 7. The van der Waals surface area contributed by atoms with E-state index in [1.807, 2.05) is 43.3 Å². The van der Waals surface area contributed by atoms with Crippen molar-refractivity contribution in [1.29, 1.82) is 0 Å². The van der Waals surface area contributed by atoms with Crippen molar-refractivity contribution in [2.24, 2.45) is 0 Å². The predicted octanol–water partition coefficient (Wildman–Crippen LogP) is 5.14. The van der Waals surface area contributed by atoms with Gasteiger partial charge < -0.3 is 24.4 Å². The van der Waals surface area contributed by atoms with E-state index in [4.69, 9.17) is 20.6 Å². The van der Waals surface area contributed by atoms with E-state index in [-0.39, 0.29) is 18.2 Å². The molecule has 8 nitrogen and oxygen atoms in total. The number of amides is 1. The van der Waals surface area contributed by atoms with Crippen LogP contribution in [-0.2, 0) is 4.74 Å². The van der Waals surface area contributed by atoms with Crippen LogP contribution in [0.15, 0.2) is 42.7 Å². The number of terminal acetylenes is 1. The lowest BCUT2D eigenvalue weighted by Gasteiger charge is -2.34. The van der Waals surface area contributed by atoms with Gasteiger partial charge in [-0.15, -0.1) is 6.42 Å². The fraction of sp³-hybridized carbons (Fsp3) is 0.370. The topological polar surface area (TPSA) is 85.8 Å². The number of fused-ring (bicyclic) bond motifs is 1. The molecule has 8 heteroatoms. The van der Waals surface area contributed by atoms with E-state index in [1.165, 1.54) is 6.33 Å². The van der Waals surface area contributed by atoms with Gasteiger partial charge in [-0.05, 0) is 56.9 Å². The van der Waals surface area contributed by atoms with Gasteiger partial charge in [-0.2, -0.15) is 0 Å². The van der Waals surface area contributed by atoms with Gasteiger partial charge in [0.05, 0.1) is 25.3 Å². The predicted molar refractivity (Wildman–Crippen MR) is 135 cm³/mol. The molecule has 182 valence electrons. The van der Waals surface area contributed by atoms with Crippen molar-refractivity contribution in [3.63, 3.8) is 0 Å². The highest BCUT2D eigenvalue weighted by molar-refractivity contribution is 5.93.